The Labute approximate surface area is 104 Å². The minimum absolute atomic E-state index is 0.180. The second kappa shape index (κ2) is 6.62. The molecule has 17 heavy (non-hydrogen) atoms. The largest absolute Gasteiger partial charge is 0.496 e. The van der Waals surface area contributed by atoms with Crippen molar-refractivity contribution in [1.82, 2.24) is 4.90 Å². The molecule has 0 bridgehead atoms. The number of hydrogen-bond acceptors (Lipinski definition) is 3. The van der Waals surface area contributed by atoms with Crippen molar-refractivity contribution in [2.45, 2.75) is 26.4 Å². The topological polar surface area (TPSA) is 32.7 Å². The lowest BCUT2D eigenvalue weighted by Gasteiger charge is -2.30. The van der Waals surface area contributed by atoms with Gasteiger partial charge in [0.1, 0.15) is 5.75 Å². The Morgan fingerprint density at radius 3 is 2.47 bits per heavy atom. The van der Waals surface area contributed by atoms with Gasteiger partial charge in [0.15, 0.2) is 0 Å². The summed E-state index contributed by atoms with van der Waals surface area (Å²) in [5.41, 5.74) is 1.15. The lowest BCUT2D eigenvalue weighted by atomic mass is 10.0. The van der Waals surface area contributed by atoms with Crippen molar-refractivity contribution in [3.63, 3.8) is 0 Å². The minimum atomic E-state index is 0.180. The van der Waals surface area contributed by atoms with E-state index in [1.54, 1.807) is 7.11 Å². The molecule has 0 aliphatic rings. The lowest BCUT2D eigenvalue weighted by molar-refractivity contribution is 0.107. The van der Waals surface area contributed by atoms with Crippen molar-refractivity contribution in [2.75, 3.05) is 20.8 Å². The average Bonchev–Trinajstić information content (AvgIpc) is 2.30. The number of aliphatic hydroxyl groups excluding tert-OH is 1. The zero-order valence-electron chi connectivity index (χ0n) is 11.2. The molecule has 1 atom stereocenters. The Morgan fingerprint density at radius 1 is 1.29 bits per heavy atom. The number of likely N-dealkylation sites (N-methyl/N-ethyl adjacent to an activating group) is 1. The molecule has 0 aromatic heterocycles. The molecule has 0 saturated carbocycles. The van der Waals surface area contributed by atoms with Crippen molar-refractivity contribution in [3.8, 4) is 5.75 Å². The van der Waals surface area contributed by atoms with Crippen LogP contribution >= 0.6 is 0 Å². The van der Waals surface area contributed by atoms with E-state index in [2.05, 4.69) is 24.8 Å². The van der Waals surface area contributed by atoms with Crippen molar-refractivity contribution in [1.29, 1.82) is 0 Å². The second-order valence-corrected chi connectivity index (χ2v) is 4.72. The van der Waals surface area contributed by atoms with E-state index in [1.807, 2.05) is 25.2 Å². The maximum absolute atomic E-state index is 9.40. The highest BCUT2D eigenvalue weighted by atomic mass is 16.5. The van der Waals surface area contributed by atoms with Gasteiger partial charge in [0.05, 0.1) is 13.7 Å². The fraction of sp³-hybridized carbons (Fsp3) is 0.571. The summed E-state index contributed by atoms with van der Waals surface area (Å²) in [5, 5.41) is 9.40. The maximum atomic E-state index is 9.40. The SMILES string of the molecule is COc1ccccc1CN(C)C(CO)C(C)C. The van der Waals surface area contributed by atoms with Crippen LogP contribution in [0.25, 0.3) is 0 Å². The van der Waals surface area contributed by atoms with Crippen molar-refractivity contribution >= 4 is 0 Å². The van der Waals surface area contributed by atoms with Crippen LogP contribution in [0.3, 0.4) is 0 Å². The first-order chi connectivity index (χ1) is 8.10. The summed E-state index contributed by atoms with van der Waals surface area (Å²) in [5.74, 6) is 1.33. The van der Waals surface area contributed by atoms with E-state index in [9.17, 15) is 5.11 Å². The predicted molar refractivity (Wildman–Crippen MR) is 70.2 cm³/mol. The van der Waals surface area contributed by atoms with Gasteiger partial charge in [-0.15, -0.1) is 0 Å². The van der Waals surface area contributed by atoms with E-state index in [0.717, 1.165) is 17.9 Å². The fourth-order valence-electron chi connectivity index (χ4n) is 2.08. The van der Waals surface area contributed by atoms with Gasteiger partial charge >= 0.3 is 0 Å². The molecule has 96 valence electrons. The van der Waals surface area contributed by atoms with Crippen LogP contribution in [0, 0.1) is 5.92 Å². The number of rotatable bonds is 6. The normalized spacial score (nSPS) is 13.1. The van der Waals surface area contributed by atoms with Gasteiger partial charge in [0.25, 0.3) is 0 Å². The lowest BCUT2D eigenvalue weighted by Crippen LogP contribution is -2.38. The first-order valence-electron chi connectivity index (χ1n) is 6.03. The Bertz CT molecular complexity index is 339. The van der Waals surface area contributed by atoms with E-state index in [4.69, 9.17) is 4.74 Å². The molecule has 0 amide bonds. The molecule has 1 N–H and O–H groups in total. The molecule has 1 aromatic carbocycles. The molecular formula is C14H23NO2. The van der Waals surface area contributed by atoms with Crippen LogP contribution < -0.4 is 4.74 Å². The van der Waals surface area contributed by atoms with E-state index in [0.29, 0.717) is 5.92 Å². The van der Waals surface area contributed by atoms with E-state index in [1.165, 1.54) is 0 Å². The highest BCUT2D eigenvalue weighted by molar-refractivity contribution is 5.33. The van der Waals surface area contributed by atoms with Gasteiger partial charge < -0.3 is 9.84 Å². The van der Waals surface area contributed by atoms with Crippen LogP contribution in [0.5, 0.6) is 5.75 Å². The summed E-state index contributed by atoms with van der Waals surface area (Å²) < 4.78 is 5.33. The highest BCUT2D eigenvalue weighted by Crippen LogP contribution is 2.20. The molecule has 0 aliphatic carbocycles. The Balaban J connectivity index is 2.76. The summed E-state index contributed by atoms with van der Waals surface area (Å²) in [6.45, 7) is 5.22. The maximum Gasteiger partial charge on any atom is 0.123 e. The molecular weight excluding hydrogens is 214 g/mol. The van der Waals surface area contributed by atoms with Crippen LogP contribution in [0.1, 0.15) is 19.4 Å². The zero-order chi connectivity index (χ0) is 12.8. The van der Waals surface area contributed by atoms with Gasteiger partial charge in [-0.1, -0.05) is 32.0 Å². The molecule has 0 heterocycles. The highest BCUT2D eigenvalue weighted by Gasteiger charge is 2.18. The number of para-hydroxylation sites is 1. The van der Waals surface area contributed by atoms with E-state index >= 15 is 0 Å². The molecule has 1 unspecified atom stereocenters. The second-order valence-electron chi connectivity index (χ2n) is 4.72. The van der Waals surface area contributed by atoms with E-state index < -0.39 is 0 Å². The van der Waals surface area contributed by atoms with Gasteiger partial charge in [-0.2, -0.15) is 0 Å². The van der Waals surface area contributed by atoms with Crippen LogP contribution in [0.15, 0.2) is 24.3 Å². The van der Waals surface area contributed by atoms with Gasteiger partial charge in [-0.25, -0.2) is 0 Å². The zero-order valence-corrected chi connectivity index (χ0v) is 11.2. The number of nitrogens with zero attached hydrogens (tertiary/aromatic N) is 1. The number of benzene rings is 1. The predicted octanol–water partition coefficient (Wildman–Crippen LogP) is 2.14. The number of methoxy groups -OCH3 is 1. The van der Waals surface area contributed by atoms with Crippen molar-refractivity contribution in [2.24, 2.45) is 5.92 Å². The standard InChI is InChI=1S/C14H23NO2/c1-11(2)13(10-16)15(3)9-12-7-5-6-8-14(12)17-4/h5-8,11,13,16H,9-10H2,1-4H3. The fourth-order valence-corrected chi connectivity index (χ4v) is 2.08. The molecule has 0 fully saturated rings. The monoisotopic (exact) mass is 237 g/mol. The smallest absolute Gasteiger partial charge is 0.123 e. The molecule has 3 nitrogen and oxygen atoms in total. The Kier molecular flexibility index (Phi) is 5.45. The van der Waals surface area contributed by atoms with Crippen molar-refractivity contribution in [3.05, 3.63) is 29.8 Å². The van der Waals surface area contributed by atoms with Crippen LogP contribution in [-0.2, 0) is 6.54 Å². The quantitative estimate of drug-likeness (QED) is 0.823. The van der Waals surface area contributed by atoms with Gasteiger partial charge in [-0.3, -0.25) is 4.90 Å². The number of aliphatic hydroxyl groups is 1. The summed E-state index contributed by atoms with van der Waals surface area (Å²) in [7, 11) is 3.72. The minimum Gasteiger partial charge on any atom is -0.496 e. The number of ether oxygens (including phenoxy) is 1. The van der Waals surface area contributed by atoms with Crippen LogP contribution in [-0.4, -0.2) is 36.8 Å². The van der Waals surface area contributed by atoms with Gasteiger partial charge in [-0.05, 0) is 19.0 Å². The Morgan fingerprint density at radius 2 is 1.94 bits per heavy atom. The van der Waals surface area contributed by atoms with Crippen LogP contribution in [0.2, 0.25) is 0 Å². The van der Waals surface area contributed by atoms with Gasteiger partial charge in [0, 0.05) is 18.2 Å². The average molecular weight is 237 g/mol. The summed E-state index contributed by atoms with van der Waals surface area (Å²) in [6, 6.07) is 8.18. The molecule has 0 radical (unpaired) electrons. The molecule has 0 spiro atoms. The first-order valence-corrected chi connectivity index (χ1v) is 6.03. The third-order valence-electron chi connectivity index (χ3n) is 3.14. The molecule has 0 saturated heterocycles. The van der Waals surface area contributed by atoms with E-state index in [-0.39, 0.29) is 12.6 Å². The summed E-state index contributed by atoms with van der Waals surface area (Å²) in [4.78, 5) is 2.17. The number of hydrogen-bond donors (Lipinski definition) is 1. The third-order valence-corrected chi connectivity index (χ3v) is 3.14. The van der Waals surface area contributed by atoms with Crippen molar-refractivity contribution < 1.29 is 9.84 Å². The molecule has 1 aromatic rings. The molecule has 1 rings (SSSR count). The summed E-state index contributed by atoms with van der Waals surface area (Å²) in [6.07, 6.45) is 0. The Hall–Kier alpha value is -1.06. The van der Waals surface area contributed by atoms with Gasteiger partial charge in [0.2, 0.25) is 0 Å². The third kappa shape index (κ3) is 3.72. The molecule has 0 aliphatic heterocycles. The molecule has 3 heteroatoms. The summed E-state index contributed by atoms with van der Waals surface area (Å²) >= 11 is 0. The first kappa shape index (κ1) is 14.0. The van der Waals surface area contributed by atoms with Crippen LogP contribution in [0.4, 0.5) is 0 Å².